The van der Waals surface area contributed by atoms with Gasteiger partial charge in [0, 0.05) is 82.6 Å². The van der Waals surface area contributed by atoms with E-state index in [2.05, 4.69) is 48.3 Å². The summed E-state index contributed by atoms with van der Waals surface area (Å²) in [6.45, 7) is 2.11. The van der Waals surface area contributed by atoms with Crippen molar-refractivity contribution in [2.24, 2.45) is 5.92 Å². The molecule has 0 unspecified atom stereocenters. The number of benzene rings is 10. The topological polar surface area (TPSA) is 228 Å². The maximum Gasteiger partial charge on any atom is 0.147 e. The monoisotopic (exact) mass is 1670 g/mol. The summed E-state index contributed by atoms with van der Waals surface area (Å²) in [7, 11) is 0. The summed E-state index contributed by atoms with van der Waals surface area (Å²) in [5.74, 6) is 2.24. The molecule has 1 saturated carbocycles. The molecular formula is C106H83N9O4S4. The molecule has 0 bridgehead atoms. The molecule has 1 aliphatic rings. The highest BCUT2D eigenvalue weighted by molar-refractivity contribution is 8.00. The van der Waals surface area contributed by atoms with Crippen molar-refractivity contribution in [2.45, 2.75) is 72.0 Å². The van der Waals surface area contributed by atoms with Crippen molar-refractivity contribution < 1.29 is 19.2 Å². The Morgan fingerprint density at radius 1 is 0.301 bits per heavy atom. The number of pyridine rings is 5. The first-order chi connectivity index (χ1) is 60.4. The molecule has 15 aromatic rings. The number of carbonyl (C=O) groups excluding carboxylic acids is 4. The van der Waals surface area contributed by atoms with Crippen LogP contribution in [0.4, 0.5) is 0 Å². The van der Waals surface area contributed by atoms with Crippen LogP contribution >= 0.6 is 47.0 Å². The van der Waals surface area contributed by atoms with E-state index < -0.39 is 0 Å². The van der Waals surface area contributed by atoms with E-state index in [9.17, 15) is 40.2 Å². The van der Waals surface area contributed by atoms with Crippen molar-refractivity contribution in [3.05, 3.63) is 391 Å². The van der Waals surface area contributed by atoms with E-state index >= 15 is 0 Å². The lowest BCUT2D eigenvalue weighted by molar-refractivity contribution is -0.117. The maximum absolute atomic E-state index is 12.7. The summed E-state index contributed by atoms with van der Waals surface area (Å²) in [6, 6.07) is 118. The molecule has 0 amide bonds. The number of hydrogen-bond donors (Lipinski definition) is 0. The van der Waals surface area contributed by atoms with Crippen molar-refractivity contribution in [2.75, 3.05) is 23.0 Å². The molecule has 0 N–H and O–H groups in total. The molecule has 0 atom stereocenters. The lowest BCUT2D eigenvalue weighted by atomic mass is 9.99. The summed E-state index contributed by atoms with van der Waals surface area (Å²) in [6.07, 6.45) is 8.42. The van der Waals surface area contributed by atoms with Crippen LogP contribution in [0, 0.1) is 51.2 Å². The molecule has 5 heterocycles. The van der Waals surface area contributed by atoms with Crippen LogP contribution in [-0.2, 0) is 44.9 Å². The predicted molar refractivity (Wildman–Crippen MR) is 497 cm³/mol. The molecule has 0 aliphatic heterocycles. The summed E-state index contributed by atoms with van der Waals surface area (Å²) in [5, 5.41) is 42.1. The van der Waals surface area contributed by atoms with Crippen molar-refractivity contribution in [3.8, 4) is 114 Å². The average molecular weight is 1680 g/mol. The third kappa shape index (κ3) is 24.8. The molecule has 1 aliphatic carbocycles. The first-order valence-corrected chi connectivity index (χ1v) is 44.2. The predicted octanol–water partition coefficient (Wildman–Crippen LogP) is 24.3. The zero-order valence-electron chi connectivity index (χ0n) is 67.6. The fourth-order valence-corrected chi connectivity index (χ4v) is 16.9. The molecule has 0 radical (unpaired) electrons. The summed E-state index contributed by atoms with van der Waals surface area (Å²) >= 11 is 5.37. The first kappa shape index (κ1) is 86.8. The van der Waals surface area contributed by atoms with Gasteiger partial charge in [0.2, 0.25) is 0 Å². The highest BCUT2D eigenvalue weighted by Gasteiger charge is 2.26. The molecule has 5 aromatic heterocycles. The maximum atomic E-state index is 12.7. The van der Waals surface area contributed by atoms with Gasteiger partial charge in [0.05, 0.1) is 68.0 Å². The van der Waals surface area contributed by atoms with Gasteiger partial charge in [-0.15, -0.1) is 0 Å². The van der Waals surface area contributed by atoms with Crippen LogP contribution in [-0.4, -0.2) is 71.1 Å². The molecule has 17 heteroatoms. The number of aryl methyl sites for hydroxylation is 1. The second kappa shape index (κ2) is 44.9. The van der Waals surface area contributed by atoms with Crippen LogP contribution in [0.3, 0.4) is 0 Å². The van der Waals surface area contributed by atoms with Crippen molar-refractivity contribution in [1.82, 2.24) is 24.9 Å². The molecule has 123 heavy (non-hydrogen) atoms. The van der Waals surface area contributed by atoms with Crippen LogP contribution in [0.25, 0.3) is 89.5 Å². The quantitative estimate of drug-likeness (QED) is 0.0397. The number of thioether (sulfide) groups is 4. The number of aromatic nitrogens is 5. The Morgan fingerprint density at radius 2 is 0.545 bits per heavy atom. The van der Waals surface area contributed by atoms with E-state index in [1.54, 1.807) is 12.4 Å². The second-order valence-electron chi connectivity index (χ2n) is 28.8. The van der Waals surface area contributed by atoms with E-state index in [0.29, 0.717) is 79.7 Å². The SMILES string of the molecule is CCc1ccc(CC(=O)CSc2nc(-c3ccccc3)cc(-c3ccccc3)c2C#N)cc1.N#Cc1c(-c2ccccc2)cc(-c2ccccc2)nc1SCC(=O)CC1CC1.N#Cc1c(-c2ccccc2)cc(-c2ccccc2)nc1SCC(=O)Cc1ccccc1.N#Cc1c(-c2ccccc2)cc(-c2ccccc2)nc1SCC(=O)Cc1cccnc1. The van der Waals surface area contributed by atoms with Gasteiger partial charge in [-0.05, 0) is 100 Å². The van der Waals surface area contributed by atoms with Gasteiger partial charge in [0.25, 0.3) is 0 Å². The number of Topliss-reactive ketones (excluding diaryl/α,β-unsaturated/α-hetero) is 4. The second-order valence-corrected chi connectivity index (χ2v) is 32.7. The molecule has 10 aromatic carbocycles. The van der Waals surface area contributed by atoms with E-state index in [4.69, 9.17) is 19.9 Å². The standard InChI is InChI=1S/C29H24N2OS.C27H20N2OS.C26H19N3OS.C24H20N2OS/c1-2-21-13-15-22(16-14-21)17-25(32)20-33-29-27(19-30)26(23-9-5-3-6-10-23)18-28(31-29)24-11-7-4-8-12-24;28-18-25-24(21-12-6-2-7-13-21)17-26(22-14-8-3-9-15-22)29-27(25)31-19-23(30)16-20-10-4-1-5-11-20;27-16-24-23(20-9-3-1-4-10-20)15-25(21-11-5-2-6-12-21)29-26(24)31-18-22(30)14-19-8-7-13-28-17-19;25-15-22-21(18-7-3-1-4-8-18)14-23(19-9-5-2-6-10-19)26-24(22)28-16-20(27)13-17-11-12-17/h3-16,18H,2,17,20H2,1H3;1-15,17H,16,19H2;1-13,15,17H,14,18H2;1-10,14,17H,11-13,16H2. The largest absolute Gasteiger partial charge is 0.299 e. The highest BCUT2D eigenvalue weighted by Crippen LogP contribution is 2.40. The number of rotatable bonds is 29. The third-order valence-electron chi connectivity index (χ3n) is 19.9. The van der Waals surface area contributed by atoms with Crippen LogP contribution in [0.2, 0.25) is 0 Å². The van der Waals surface area contributed by atoms with E-state index in [1.165, 1.54) is 65.5 Å². The van der Waals surface area contributed by atoms with Crippen molar-refractivity contribution >= 4 is 70.2 Å². The normalized spacial score (nSPS) is 11.1. The summed E-state index contributed by atoms with van der Waals surface area (Å²) < 4.78 is 0. The molecule has 0 spiro atoms. The van der Waals surface area contributed by atoms with Gasteiger partial charge in [-0.3, -0.25) is 24.2 Å². The lowest BCUT2D eigenvalue weighted by Gasteiger charge is -2.12. The third-order valence-corrected chi connectivity index (χ3v) is 24.0. The number of carbonyl (C=O) groups is 4. The minimum atomic E-state index is 0.0649. The Morgan fingerprint density at radius 3 is 0.805 bits per heavy atom. The summed E-state index contributed by atoms with van der Waals surface area (Å²) in [5.41, 5.74) is 20.4. The number of hydrogen-bond acceptors (Lipinski definition) is 17. The Balaban J connectivity index is 0.000000141. The first-order valence-electron chi connectivity index (χ1n) is 40.2. The van der Waals surface area contributed by atoms with Gasteiger partial charge >= 0.3 is 0 Å². The van der Waals surface area contributed by atoms with Crippen LogP contribution in [0.1, 0.15) is 70.7 Å². The molecule has 0 saturated heterocycles. The minimum absolute atomic E-state index is 0.0649. The minimum Gasteiger partial charge on any atom is -0.299 e. The molecule has 13 nitrogen and oxygen atoms in total. The average Bonchev–Trinajstić information content (AvgIpc) is 1.78. The Kier molecular flexibility index (Phi) is 31.7. The Bertz CT molecular complexity index is 6080. The fourth-order valence-electron chi connectivity index (χ4n) is 13.5. The van der Waals surface area contributed by atoms with E-state index in [0.717, 1.165) is 113 Å². The van der Waals surface area contributed by atoms with Crippen molar-refractivity contribution in [1.29, 1.82) is 21.0 Å². The van der Waals surface area contributed by atoms with E-state index in [1.807, 2.05) is 322 Å². The molecule has 1 fully saturated rings. The van der Waals surface area contributed by atoms with Gasteiger partial charge in [-0.1, -0.05) is 357 Å². The zero-order valence-corrected chi connectivity index (χ0v) is 70.8. The smallest absolute Gasteiger partial charge is 0.147 e. The van der Waals surface area contributed by atoms with Gasteiger partial charge in [-0.2, -0.15) is 21.0 Å². The molecule has 16 rings (SSSR count). The summed E-state index contributed by atoms with van der Waals surface area (Å²) in [4.78, 5) is 73.2. The van der Waals surface area contributed by atoms with Crippen molar-refractivity contribution in [3.63, 3.8) is 0 Å². The molecule has 600 valence electrons. The number of nitriles is 4. The fraction of sp³-hybridized carbons (Fsp3) is 0.123. The highest BCUT2D eigenvalue weighted by atomic mass is 32.2. The number of nitrogens with zero attached hydrogens (tertiary/aromatic N) is 9. The Labute approximate surface area is 735 Å². The van der Waals surface area contributed by atoms with Gasteiger partial charge in [0.1, 0.15) is 67.5 Å². The van der Waals surface area contributed by atoms with Crippen LogP contribution < -0.4 is 0 Å². The van der Waals surface area contributed by atoms with Gasteiger partial charge in [-0.25, -0.2) is 19.9 Å². The van der Waals surface area contributed by atoms with Crippen LogP contribution in [0.15, 0.2) is 366 Å². The lowest BCUT2D eigenvalue weighted by Crippen LogP contribution is -2.07. The van der Waals surface area contributed by atoms with Gasteiger partial charge < -0.3 is 0 Å². The van der Waals surface area contributed by atoms with Crippen LogP contribution in [0.5, 0.6) is 0 Å². The van der Waals surface area contributed by atoms with Gasteiger partial charge in [0.15, 0.2) is 0 Å². The zero-order chi connectivity index (χ0) is 85.3. The Hall–Kier alpha value is -14.0. The number of ketones is 4. The molecular weight excluding hydrogens is 1590 g/mol. The van der Waals surface area contributed by atoms with E-state index in [-0.39, 0.29) is 40.4 Å².